The van der Waals surface area contributed by atoms with Crippen LogP contribution in [0.4, 0.5) is 0 Å². The van der Waals surface area contributed by atoms with Crippen LogP contribution in [0.2, 0.25) is 0 Å². The Balaban J connectivity index is 2.52. The van der Waals surface area contributed by atoms with E-state index >= 15 is 0 Å². The molecule has 1 N–H and O–H groups in total. The molecule has 0 saturated carbocycles. The lowest BCUT2D eigenvalue weighted by Gasteiger charge is -2.40. The van der Waals surface area contributed by atoms with Crippen molar-refractivity contribution in [3.63, 3.8) is 0 Å². The summed E-state index contributed by atoms with van der Waals surface area (Å²) < 4.78 is 5.90. The smallest absolute Gasteiger partial charge is 0.233 e. The Hall–Kier alpha value is -0.0900. The second-order valence-electron chi connectivity index (χ2n) is 4.81. The first kappa shape index (κ1) is 15.0. The predicted molar refractivity (Wildman–Crippen MR) is 73.4 cm³/mol. The molecule has 100 valence electrons. The van der Waals surface area contributed by atoms with Gasteiger partial charge >= 0.3 is 0 Å². The van der Waals surface area contributed by atoms with Gasteiger partial charge in [-0.1, -0.05) is 36.7 Å². The van der Waals surface area contributed by atoms with Crippen molar-refractivity contribution in [3.05, 3.63) is 0 Å². The van der Waals surface area contributed by atoms with E-state index in [0.717, 1.165) is 38.7 Å². The average molecular weight is 306 g/mol. The van der Waals surface area contributed by atoms with Crippen LogP contribution in [-0.2, 0) is 9.53 Å². The van der Waals surface area contributed by atoms with Crippen LogP contribution in [0.15, 0.2) is 0 Å². The molecular formula is C13H24BrNO2. The van der Waals surface area contributed by atoms with Crippen molar-refractivity contribution in [2.75, 3.05) is 6.61 Å². The number of hydrogen-bond donors (Lipinski definition) is 1. The molecule has 3 nitrogen and oxygen atoms in total. The van der Waals surface area contributed by atoms with Gasteiger partial charge in [-0.25, -0.2) is 0 Å². The normalized spacial score (nSPS) is 25.3. The summed E-state index contributed by atoms with van der Waals surface area (Å²) in [5, 5.41) is 3.13. The summed E-state index contributed by atoms with van der Waals surface area (Å²) in [5.74, 6) is 0.112. The highest BCUT2D eigenvalue weighted by Crippen LogP contribution is 2.31. The highest BCUT2D eigenvalue weighted by Gasteiger charge is 2.35. The number of halogens is 1. The van der Waals surface area contributed by atoms with Gasteiger partial charge in [-0.05, 0) is 32.1 Å². The molecule has 1 aliphatic heterocycles. The molecule has 1 heterocycles. The van der Waals surface area contributed by atoms with E-state index in [-0.39, 0.29) is 22.4 Å². The Morgan fingerprint density at radius 3 is 2.65 bits per heavy atom. The van der Waals surface area contributed by atoms with Crippen molar-refractivity contribution in [1.29, 1.82) is 0 Å². The van der Waals surface area contributed by atoms with Gasteiger partial charge in [-0.15, -0.1) is 0 Å². The molecule has 17 heavy (non-hydrogen) atoms. The Morgan fingerprint density at radius 1 is 1.47 bits per heavy atom. The number of alkyl halides is 1. The van der Waals surface area contributed by atoms with Crippen LogP contribution in [0.1, 0.15) is 52.9 Å². The van der Waals surface area contributed by atoms with Gasteiger partial charge in [-0.3, -0.25) is 4.79 Å². The molecule has 0 aromatic carbocycles. The summed E-state index contributed by atoms with van der Waals surface area (Å²) in [4.78, 5) is 11.8. The topological polar surface area (TPSA) is 38.3 Å². The fourth-order valence-electron chi connectivity index (χ4n) is 2.37. The highest BCUT2D eigenvalue weighted by molar-refractivity contribution is 9.10. The van der Waals surface area contributed by atoms with Crippen LogP contribution in [0.5, 0.6) is 0 Å². The van der Waals surface area contributed by atoms with Gasteiger partial charge in [0.25, 0.3) is 0 Å². The molecule has 0 aliphatic carbocycles. The van der Waals surface area contributed by atoms with E-state index in [9.17, 15) is 4.79 Å². The van der Waals surface area contributed by atoms with E-state index in [0.29, 0.717) is 0 Å². The summed E-state index contributed by atoms with van der Waals surface area (Å²) in [7, 11) is 0. The fraction of sp³-hybridized carbons (Fsp3) is 0.923. The third-order valence-corrected chi connectivity index (χ3v) is 4.83. The lowest BCUT2D eigenvalue weighted by Crippen LogP contribution is -2.49. The Morgan fingerprint density at radius 2 is 2.12 bits per heavy atom. The first-order valence-corrected chi connectivity index (χ1v) is 7.56. The number of carbonyl (C=O) groups excluding carboxylic acids is 1. The number of amides is 1. The maximum absolute atomic E-state index is 11.8. The molecule has 1 aliphatic rings. The molecular weight excluding hydrogens is 282 g/mol. The van der Waals surface area contributed by atoms with Gasteiger partial charge in [0.05, 0.1) is 10.4 Å². The van der Waals surface area contributed by atoms with Crippen molar-refractivity contribution in [1.82, 2.24) is 5.32 Å². The lowest BCUT2D eigenvalue weighted by molar-refractivity contribution is -0.125. The van der Waals surface area contributed by atoms with Crippen LogP contribution >= 0.6 is 15.9 Å². The monoisotopic (exact) mass is 305 g/mol. The van der Waals surface area contributed by atoms with E-state index in [1.54, 1.807) is 0 Å². The number of carbonyl (C=O) groups is 1. The number of nitrogens with one attached hydrogen (secondary N) is 1. The lowest BCUT2D eigenvalue weighted by atomic mass is 9.86. The molecule has 1 saturated heterocycles. The van der Waals surface area contributed by atoms with Crippen molar-refractivity contribution in [3.8, 4) is 0 Å². The second kappa shape index (κ2) is 6.74. The zero-order valence-corrected chi connectivity index (χ0v) is 12.7. The number of ether oxygens (including phenoxy) is 1. The van der Waals surface area contributed by atoms with Crippen LogP contribution in [-0.4, -0.2) is 29.0 Å². The summed E-state index contributed by atoms with van der Waals surface area (Å²) >= 11 is 3.39. The van der Waals surface area contributed by atoms with Crippen LogP contribution < -0.4 is 5.32 Å². The molecule has 0 aromatic heterocycles. The minimum atomic E-state index is -0.0667. The number of rotatable bonds is 5. The van der Waals surface area contributed by atoms with Gasteiger partial charge < -0.3 is 10.1 Å². The van der Waals surface area contributed by atoms with E-state index in [2.05, 4.69) is 35.1 Å². The fourth-order valence-corrected chi connectivity index (χ4v) is 2.50. The second-order valence-corrected chi connectivity index (χ2v) is 5.92. The Labute approximate surface area is 113 Å². The minimum Gasteiger partial charge on any atom is -0.375 e. The first-order valence-electron chi connectivity index (χ1n) is 6.65. The molecule has 0 bridgehead atoms. The molecule has 2 unspecified atom stereocenters. The molecule has 2 atom stereocenters. The first-order chi connectivity index (χ1) is 8.06. The predicted octanol–water partition coefficient (Wildman–Crippen LogP) is 3.01. The molecule has 4 heteroatoms. The van der Waals surface area contributed by atoms with Crippen LogP contribution in [0.3, 0.4) is 0 Å². The van der Waals surface area contributed by atoms with E-state index in [1.807, 2.05) is 6.92 Å². The maximum Gasteiger partial charge on any atom is 0.233 e. The molecule has 0 aromatic rings. The van der Waals surface area contributed by atoms with Crippen molar-refractivity contribution < 1.29 is 9.53 Å². The van der Waals surface area contributed by atoms with Gasteiger partial charge in [0.1, 0.15) is 0 Å². The zero-order chi connectivity index (χ0) is 12.9. The highest BCUT2D eigenvalue weighted by atomic mass is 79.9. The van der Waals surface area contributed by atoms with Crippen LogP contribution in [0, 0.1) is 0 Å². The minimum absolute atomic E-state index is 0.0236. The molecule has 1 rings (SSSR count). The van der Waals surface area contributed by atoms with Crippen molar-refractivity contribution >= 4 is 21.8 Å². The van der Waals surface area contributed by atoms with Crippen molar-refractivity contribution in [2.24, 2.45) is 0 Å². The molecule has 1 amide bonds. The average Bonchev–Trinajstić information content (AvgIpc) is 2.37. The summed E-state index contributed by atoms with van der Waals surface area (Å²) in [6, 6.07) is 0.266. The van der Waals surface area contributed by atoms with Gasteiger partial charge in [0, 0.05) is 12.6 Å². The Kier molecular flexibility index (Phi) is 5.93. The molecule has 0 radical (unpaired) electrons. The summed E-state index contributed by atoms with van der Waals surface area (Å²) in [6.45, 7) is 7.08. The summed E-state index contributed by atoms with van der Waals surface area (Å²) in [5.41, 5.74) is -0.0236. The van der Waals surface area contributed by atoms with Gasteiger partial charge in [-0.2, -0.15) is 0 Å². The van der Waals surface area contributed by atoms with E-state index in [1.165, 1.54) is 0 Å². The van der Waals surface area contributed by atoms with Gasteiger partial charge in [0.15, 0.2) is 0 Å². The van der Waals surface area contributed by atoms with Crippen molar-refractivity contribution in [2.45, 2.75) is 69.3 Å². The maximum atomic E-state index is 11.8. The largest absolute Gasteiger partial charge is 0.375 e. The SMILES string of the molecule is CCC(Br)C(=O)NC1CCOC(CC)(CC)C1. The Bertz CT molecular complexity index is 254. The van der Waals surface area contributed by atoms with E-state index < -0.39 is 0 Å². The van der Waals surface area contributed by atoms with E-state index in [4.69, 9.17) is 4.74 Å². The summed E-state index contributed by atoms with van der Waals surface area (Å²) in [6.07, 6.45) is 4.72. The zero-order valence-electron chi connectivity index (χ0n) is 11.1. The number of hydrogen-bond acceptors (Lipinski definition) is 2. The molecule has 1 fully saturated rings. The molecule has 0 spiro atoms. The quantitative estimate of drug-likeness (QED) is 0.793. The van der Waals surface area contributed by atoms with Gasteiger partial charge in [0.2, 0.25) is 5.91 Å². The third-order valence-electron chi connectivity index (χ3n) is 3.77. The third kappa shape index (κ3) is 3.95. The van der Waals surface area contributed by atoms with Crippen LogP contribution in [0.25, 0.3) is 0 Å². The standard InChI is InChI=1S/C13H24BrNO2/c1-4-11(14)12(16)15-10-7-8-17-13(5-2,6-3)9-10/h10-11H,4-9H2,1-3H3,(H,15,16).